The maximum atomic E-state index is 12.8. The summed E-state index contributed by atoms with van der Waals surface area (Å²) in [6.07, 6.45) is -4.61. The smallest absolute Gasteiger partial charge is 0.417 e. The second kappa shape index (κ2) is 5.01. The first-order chi connectivity index (χ1) is 9.25. The Bertz CT molecular complexity index is 674. The molecule has 1 heterocycles. The highest BCUT2D eigenvalue weighted by Gasteiger charge is 2.35. The van der Waals surface area contributed by atoms with Crippen molar-refractivity contribution in [2.75, 3.05) is 6.61 Å². The molecule has 0 atom stereocenters. The summed E-state index contributed by atoms with van der Waals surface area (Å²) in [7, 11) is 0. The van der Waals surface area contributed by atoms with E-state index in [1.807, 2.05) is 0 Å². The van der Waals surface area contributed by atoms with Crippen LogP contribution in [-0.4, -0.2) is 12.6 Å². The third-order valence-electron chi connectivity index (χ3n) is 2.74. The fourth-order valence-corrected chi connectivity index (χ4v) is 2.18. The monoisotopic (exact) mass is 306 g/mol. The maximum Gasteiger partial charge on any atom is 0.417 e. The number of furan rings is 1. The molecular weight excluding hydrogens is 297 g/mol. The van der Waals surface area contributed by atoms with Gasteiger partial charge in [-0.2, -0.15) is 13.2 Å². The van der Waals surface area contributed by atoms with E-state index in [0.29, 0.717) is 0 Å². The number of fused-ring (bicyclic) bond motifs is 1. The zero-order valence-electron chi connectivity index (χ0n) is 10.6. The maximum absolute atomic E-state index is 12.8. The zero-order valence-corrected chi connectivity index (χ0v) is 11.4. The highest BCUT2D eigenvalue weighted by molar-refractivity contribution is 6.32. The van der Waals surface area contributed by atoms with E-state index in [4.69, 9.17) is 20.8 Å². The number of carbonyl (C=O) groups excluding carboxylic acids is 1. The predicted molar refractivity (Wildman–Crippen MR) is 66.9 cm³/mol. The van der Waals surface area contributed by atoms with Gasteiger partial charge in [-0.15, -0.1) is 0 Å². The van der Waals surface area contributed by atoms with Crippen molar-refractivity contribution in [1.82, 2.24) is 0 Å². The minimum Gasteiger partial charge on any atom is -0.462 e. The van der Waals surface area contributed by atoms with E-state index >= 15 is 0 Å². The Morgan fingerprint density at radius 2 is 2.05 bits per heavy atom. The van der Waals surface area contributed by atoms with Gasteiger partial charge in [0.25, 0.3) is 0 Å². The molecule has 2 aromatic rings. The van der Waals surface area contributed by atoms with Gasteiger partial charge >= 0.3 is 12.1 Å². The fourth-order valence-electron chi connectivity index (χ4n) is 1.91. The van der Waals surface area contributed by atoms with E-state index in [0.717, 1.165) is 12.1 Å². The van der Waals surface area contributed by atoms with E-state index in [-0.39, 0.29) is 28.9 Å². The number of alkyl halides is 3. The molecule has 0 amide bonds. The molecular formula is C13H10ClF3O3. The number of benzene rings is 1. The Hall–Kier alpha value is -1.69. The lowest BCUT2D eigenvalue weighted by molar-refractivity contribution is -0.137. The van der Waals surface area contributed by atoms with Crippen molar-refractivity contribution < 1.29 is 27.1 Å². The number of carbonyl (C=O) groups is 1. The summed E-state index contributed by atoms with van der Waals surface area (Å²) < 4.78 is 48.6. The first kappa shape index (κ1) is 14.7. The molecule has 2 rings (SSSR count). The minimum atomic E-state index is -4.61. The van der Waals surface area contributed by atoms with Crippen LogP contribution in [0.2, 0.25) is 5.02 Å². The van der Waals surface area contributed by atoms with Crippen LogP contribution in [-0.2, 0) is 10.9 Å². The van der Waals surface area contributed by atoms with Gasteiger partial charge in [-0.25, -0.2) is 4.79 Å². The molecule has 0 unspecified atom stereocenters. The van der Waals surface area contributed by atoms with Gasteiger partial charge in [-0.05, 0) is 19.9 Å². The molecule has 0 aliphatic carbocycles. The van der Waals surface area contributed by atoms with Crippen molar-refractivity contribution in [3.05, 3.63) is 34.0 Å². The molecule has 0 saturated carbocycles. The fraction of sp³-hybridized carbons (Fsp3) is 0.308. The zero-order chi connectivity index (χ0) is 15.1. The summed E-state index contributed by atoms with van der Waals surface area (Å²) in [5.41, 5.74) is -0.911. The van der Waals surface area contributed by atoms with Gasteiger partial charge in [0.1, 0.15) is 16.9 Å². The van der Waals surface area contributed by atoms with Gasteiger partial charge in [0, 0.05) is 11.5 Å². The molecule has 108 valence electrons. The molecule has 0 saturated heterocycles. The van der Waals surface area contributed by atoms with Crippen LogP contribution in [0.4, 0.5) is 13.2 Å². The van der Waals surface area contributed by atoms with Crippen LogP contribution < -0.4 is 0 Å². The third kappa shape index (κ3) is 2.47. The number of hydrogen-bond acceptors (Lipinski definition) is 3. The van der Waals surface area contributed by atoms with Crippen molar-refractivity contribution in [2.45, 2.75) is 20.0 Å². The SMILES string of the molecule is CCOC(=O)c1c(C)oc2cc(Cl)c(C(F)(F)F)cc12. The van der Waals surface area contributed by atoms with Crippen molar-refractivity contribution in [2.24, 2.45) is 0 Å². The Balaban J connectivity index is 2.71. The molecule has 1 aromatic carbocycles. The second-order valence-electron chi connectivity index (χ2n) is 4.08. The van der Waals surface area contributed by atoms with Gasteiger partial charge in [0.05, 0.1) is 17.2 Å². The van der Waals surface area contributed by atoms with Crippen LogP contribution in [0.15, 0.2) is 16.5 Å². The lowest BCUT2D eigenvalue weighted by atomic mass is 10.1. The predicted octanol–water partition coefficient (Wildman–Crippen LogP) is 4.59. The first-order valence-corrected chi connectivity index (χ1v) is 6.10. The molecule has 0 aliphatic heterocycles. The van der Waals surface area contributed by atoms with E-state index in [1.54, 1.807) is 6.92 Å². The Kier molecular flexibility index (Phi) is 3.69. The van der Waals surface area contributed by atoms with Gasteiger partial charge in [-0.3, -0.25) is 0 Å². The number of hydrogen-bond donors (Lipinski definition) is 0. The number of aryl methyl sites for hydroxylation is 1. The molecule has 0 fully saturated rings. The van der Waals surface area contributed by atoms with E-state index in [1.165, 1.54) is 6.92 Å². The summed E-state index contributed by atoms with van der Waals surface area (Å²) in [5, 5.41) is -0.438. The Morgan fingerprint density at radius 1 is 1.40 bits per heavy atom. The lowest BCUT2D eigenvalue weighted by Crippen LogP contribution is -2.07. The normalized spacial score (nSPS) is 11.9. The van der Waals surface area contributed by atoms with Crippen LogP contribution in [0.25, 0.3) is 11.0 Å². The number of ether oxygens (including phenoxy) is 1. The number of esters is 1. The van der Waals surface area contributed by atoms with Crippen molar-refractivity contribution in [1.29, 1.82) is 0 Å². The largest absolute Gasteiger partial charge is 0.462 e. The minimum absolute atomic E-state index is 0.0102. The average Bonchev–Trinajstić information content (AvgIpc) is 2.61. The highest BCUT2D eigenvalue weighted by atomic mass is 35.5. The summed E-state index contributed by atoms with van der Waals surface area (Å²) >= 11 is 5.59. The van der Waals surface area contributed by atoms with Crippen molar-refractivity contribution in [3.8, 4) is 0 Å². The standard InChI is InChI=1S/C13H10ClF3O3/c1-3-19-12(18)11-6(2)20-10-5-9(14)8(4-7(10)11)13(15,16)17/h4-5H,3H2,1-2H3. The first-order valence-electron chi connectivity index (χ1n) is 5.72. The van der Waals surface area contributed by atoms with Crippen LogP contribution in [0, 0.1) is 6.92 Å². The third-order valence-corrected chi connectivity index (χ3v) is 3.05. The summed E-state index contributed by atoms with van der Waals surface area (Å²) in [5.74, 6) is -0.534. The molecule has 20 heavy (non-hydrogen) atoms. The van der Waals surface area contributed by atoms with Gasteiger partial charge < -0.3 is 9.15 Å². The Morgan fingerprint density at radius 3 is 2.60 bits per heavy atom. The van der Waals surface area contributed by atoms with E-state index in [9.17, 15) is 18.0 Å². The van der Waals surface area contributed by atoms with Crippen LogP contribution in [0.3, 0.4) is 0 Å². The topological polar surface area (TPSA) is 39.4 Å². The van der Waals surface area contributed by atoms with Crippen LogP contribution in [0.5, 0.6) is 0 Å². The van der Waals surface area contributed by atoms with E-state index < -0.39 is 22.7 Å². The lowest BCUT2D eigenvalue weighted by Gasteiger charge is -2.08. The van der Waals surface area contributed by atoms with Gasteiger partial charge in [0.2, 0.25) is 0 Å². The molecule has 0 spiro atoms. The highest BCUT2D eigenvalue weighted by Crippen LogP contribution is 2.39. The summed E-state index contributed by atoms with van der Waals surface area (Å²) in [6.45, 7) is 3.20. The Labute approximate surface area is 117 Å². The second-order valence-corrected chi connectivity index (χ2v) is 4.49. The molecule has 0 radical (unpaired) electrons. The van der Waals surface area contributed by atoms with Crippen molar-refractivity contribution >= 4 is 28.5 Å². The quantitative estimate of drug-likeness (QED) is 0.762. The number of rotatable bonds is 2. The van der Waals surface area contributed by atoms with Crippen LogP contribution >= 0.6 is 11.6 Å². The molecule has 0 bridgehead atoms. The molecule has 7 heteroatoms. The molecule has 0 aliphatic rings. The van der Waals surface area contributed by atoms with Gasteiger partial charge in [0.15, 0.2) is 0 Å². The van der Waals surface area contributed by atoms with E-state index in [2.05, 4.69) is 0 Å². The average molecular weight is 307 g/mol. The summed E-state index contributed by atoms with van der Waals surface area (Å²) in [6, 6.07) is 1.86. The van der Waals surface area contributed by atoms with Gasteiger partial charge in [-0.1, -0.05) is 11.6 Å². The summed E-state index contributed by atoms with van der Waals surface area (Å²) in [4.78, 5) is 11.8. The van der Waals surface area contributed by atoms with Crippen LogP contribution in [0.1, 0.15) is 28.6 Å². The molecule has 3 nitrogen and oxygen atoms in total. The van der Waals surface area contributed by atoms with Crippen molar-refractivity contribution in [3.63, 3.8) is 0 Å². The molecule has 0 N–H and O–H groups in total. The number of halogens is 4. The molecule has 1 aromatic heterocycles.